The first-order valence-electron chi connectivity index (χ1n) is 3.96. The molecule has 14 heavy (non-hydrogen) atoms. The number of benzene rings is 1. The second-order valence-electron chi connectivity index (χ2n) is 2.73. The molecule has 0 spiro atoms. The van der Waals surface area contributed by atoms with E-state index < -0.39 is 10.0 Å². The van der Waals surface area contributed by atoms with E-state index in [1.54, 1.807) is 24.3 Å². The first kappa shape index (κ1) is 10.6. The van der Waals surface area contributed by atoms with Crippen LogP contribution in [0.15, 0.2) is 48.8 Å². The third kappa shape index (κ3) is 2.49. The zero-order valence-electron chi connectivity index (χ0n) is 7.84. The quantitative estimate of drug-likeness (QED) is 0.711. The summed E-state index contributed by atoms with van der Waals surface area (Å²) in [4.78, 5) is 0. The molecule has 3 nitrogen and oxygen atoms in total. The fourth-order valence-electron chi connectivity index (χ4n) is 1.02. The van der Waals surface area contributed by atoms with Crippen molar-refractivity contribution < 1.29 is 8.42 Å². The number of anilines is 1. The van der Waals surface area contributed by atoms with E-state index in [2.05, 4.69) is 12.3 Å². The van der Waals surface area contributed by atoms with Crippen LogP contribution >= 0.6 is 0 Å². The Morgan fingerprint density at radius 3 is 2.36 bits per heavy atom. The lowest BCUT2D eigenvalue weighted by Gasteiger charge is -2.16. The minimum absolute atomic E-state index is 0.575. The second-order valence-corrected chi connectivity index (χ2v) is 4.59. The molecular formula is C10H11NO2S. The molecule has 0 heterocycles. The van der Waals surface area contributed by atoms with Gasteiger partial charge in [0.1, 0.15) is 0 Å². The molecule has 1 aromatic carbocycles. The van der Waals surface area contributed by atoms with Crippen LogP contribution in [-0.2, 0) is 10.0 Å². The summed E-state index contributed by atoms with van der Waals surface area (Å²) in [6.45, 7) is 3.35. The van der Waals surface area contributed by atoms with Gasteiger partial charge in [-0.3, -0.25) is 0 Å². The number of rotatable bonds is 3. The third-order valence-corrected chi connectivity index (χ3v) is 2.61. The van der Waals surface area contributed by atoms with E-state index in [0.717, 1.165) is 10.6 Å². The van der Waals surface area contributed by atoms with Gasteiger partial charge in [-0.05, 0) is 12.1 Å². The molecule has 0 aliphatic rings. The molecule has 1 aromatic rings. The summed E-state index contributed by atoms with van der Waals surface area (Å²) in [5.74, 6) is 0. The average Bonchev–Trinajstić information content (AvgIpc) is 2.14. The van der Waals surface area contributed by atoms with E-state index in [-0.39, 0.29) is 0 Å². The van der Waals surface area contributed by atoms with Gasteiger partial charge in [-0.2, -0.15) is 0 Å². The molecule has 1 rings (SSSR count). The van der Waals surface area contributed by atoms with Gasteiger partial charge < -0.3 is 0 Å². The van der Waals surface area contributed by atoms with Gasteiger partial charge in [0.2, 0.25) is 10.0 Å². The summed E-state index contributed by atoms with van der Waals surface area (Å²) in [5.41, 5.74) is 3.02. The maximum Gasteiger partial charge on any atom is 0.236 e. The Bertz CT molecular complexity index is 444. The van der Waals surface area contributed by atoms with Crippen molar-refractivity contribution >= 4 is 15.7 Å². The van der Waals surface area contributed by atoms with Gasteiger partial charge >= 0.3 is 0 Å². The molecular weight excluding hydrogens is 198 g/mol. The van der Waals surface area contributed by atoms with Crippen molar-refractivity contribution in [1.82, 2.24) is 0 Å². The minimum Gasteiger partial charge on any atom is -0.238 e. The topological polar surface area (TPSA) is 37.4 Å². The molecule has 4 heteroatoms. The largest absolute Gasteiger partial charge is 0.238 e. The Hall–Kier alpha value is -1.51. The Labute approximate surface area is 84.0 Å². The highest BCUT2D eigenvalue weighted by Crippen LogP contribution is 2.16. The van der Waals surface area contributed by atoms with Crippen molar-refractivity contribution in [1.29, 1.82) is 0 Å². The lowest BCUT2D eigenvalue weighted by Crippen LogP contribution is -2.23. The van der Waals surface area contributed by atoms with E-state index in [1.807, 2.05) is 6.07 Å². The maximum atomic E-state index is 11.3. The molecule has 0 radical (unpaired) electrons. The van der Waals surface area contributed by atoms with Crippen molar-refractivity contribution in [2.45, 2.75) is 0 Å². The Morgan fingerprint density at radius 1 is 1.36 bits per heavy atom. The molecule has 0 saturated carbocycles. The first-order valence-corrected chi connectivity index (χ1v) is 5.81. The van der Waals surface area contributed by atoms with Crippen LogP contribution in [0.5, 0.6) is 0 Å². The molecule has 0 saturated heterocycles. The molecule has 0 bridgehead atoms. The molecule has 0 aliphatic heterocycles. The molecule has 0 unspecified atom stereocenters. The summed E-state index contributed by atoms with van der Waals surface area (Å²) >= 11 is 0. The van der Waals surface area contributed by atoms with E-state index in [0.29, 0.717) is 5.69 Å². The predicted molar refractivity (Wildman–Crippen MR) is 57.5 cm³/mol. The first-order chi connectivity index (χ1) is 6.55. The predicted octanol–water partition coefficient (Wildman–Crippen LogP) is 1.75. The van der Waals surface area contributed by atoms with Gasteiger partial charge in [-0.25, -0.2) is 12.7 Å². The molecule has 0 fully saturated rings. The monoisotopic (exact) mass is 209 g/mol. The summed E-state index contributed by atoms with van der Waals surface area (Å²) in [5, 5.41) is 0. The lowest BCUT2D eigenvalue weighted by atomic mass is 10.3. The van der Waals surface area contributed by atoms with E-state index in [1.165, 1.54) is 6.20 Å². The average molecular weight is 209 g/mol. The second kappa shape index (κ2) is 4.13. The highest BCUT2D eigenvalue weighted by Gasteiger charge is 2.13. The van der Waals surface area contributed by atoms with Gasteiger partial charge in [0.05, 0.1) is 18.1 Å². The van der Waals surface area contributed by atoms with Crippen LogP contribution in [0.3, 0.4) is 0 Å². The van der Waals surface area contributed by atoms with Gasteiger partial charge in [-0.1, -0.05) is 24.8 Å². The molecule has 74 valence electrons. The summed E-state index contributed by atoms with van der Waals surface area (Å²) in [7, 11) is -3.30. The highest BCUT2D eigenvalue weighted by molar-refractivity contribution is 7.92. The fourth-order valence-corrected chi connectivity index (χ4v) is 1.79. The van der Waals surface area contributed by atoms with Crippen molar-refractivity contribution in [2.24, 2.45) is 0 Å². The number of sulfonamides is 1. The van der Waals surface area contributed by atoms with Crippen molar-refractivity contribution in [3.63, 3.8) is 0 Å². The molecule has 0 aliphatic carbocycles. The molecule has 0 amide bonds. The Kier molecular flexibility index (Phi) is 3.12. The van der Waals surface area contributed by atoms with Crippen LogP contribution in [0.25, 0.3) is 0 Å². The number of para-hydroxylation sites is 1. The molecule has 0 aromatic heterocycles. The van der Waals surface area contributed by atoms with Gasteiger partial charge in [-0.15, -0.1) is 5.73 Å². The van der Waals surface area contributed by atoms with Gasteiger partial charge in [0.25, 0.3) is 0 Å². The van der Waals surface area contributed by atoms with Crippen molar-refractivity contribution in [3.05, 3.63) is 48.8 Å². The van der Waals surface area contributed by atoms with Crippen LogP contribution < -0.4 is 4.31 Å². The minimum atomic E-state index is -3.30. The van der Waals surface area contributed by atoms with Crippen LogP contribution in [0.4, 0.5) is 5.69 Å². The number of nitrogens with zero attached hydrogens (tertiary/aromatic N) is 1. The SMILES string of the molecule is C=C=CN(c1ccccc1)S(C)(=O)=O. The lowest BCUT2D eigenvalue weighted by molar-refractivity contribution is 0.601. The van der Waals surface area contributed by atoms with Crippen LogP contribution in [0.1, 0.15) is 0 Å². The summed E-state index contributed by atoms with van der Waals surface area (Å²) in [6.07, 6.45) is 2.43. The van der Waals surface area contributed by atoms with E-state index in [4.69, 9.17) is 0 Å². The van der Waals surface area contributed by atoms with Crippen LogP contribution in [0.2, 0.25) is 0 Å². The Morgan fingerprint density at radius 2 is 1.93 bits per heavy atom. The maximum absolute atomic E-state index is 11.3. The normalized spacial score (nSPS) is 10.4. The standard InChI is InChI=1S/C10H11NO2S/c1-3-9-11(14(2,12)13)10-7-5-4-6-8-10/h4-9H,1H2,2H3. The summed E-state index contributed by atoms with van der Waals surface area (Å²) < 4.78 is 23.8. The molecule has 0 N–H and O–H groups in total. The van der Waals surface area contributed by atoms with E-state index in [9.17, 15) is 8.42 Å². The summed E-state index contributed by atoms with van der Waals surface area (Å²) in [6, 6.07) is 8.76. The van der Waals surface area contributed by atoms with Crippen molar-refractivity contribution in [3.8, 4) is 0 Å². The Balaban J connectivity index is 3.21. The van der Waals surface area contributed by atoms with Crippen molar-refractivity contribution in [2.75, 3.05) is 10.6 Å². The zero-order chi connectivity index (χ0) is 10.6. The molecule has 0 atom stereocenters. The highest BCUT2D eigenvalue weighted by atomic mass is 32.2. The third-order valence-electron chi connectivity index (χ3n) is 1.58. The van der Waals surface area contributed by atoms with Crippen LogP contribution in [0, 0.1) is 0 Å². The van der Waals surface area contributed by atoms with Gasteiger partial charge in [0, 0.05) is 0 Å². The zero-order valence-corrected chi connectivity index (χ0v) is 8.66. The number of hydrogen-bond acceptors (Lipinski definition) is 2. The van der Waals surface area contributed by atoms with Crippen LogP contribution in [-0.4, -0.2) is 14.7 Å². The fraction of sp³-hybridized carbons (Fsp3) is 0.100. The van der Waals surface area contributed by atoms with E-state index >= 15 is 0 Å². The smallest absolute Gasteiger partial charge is 0.236 e. The van der Waals surface area contributed by atoms with Gasteiger partial charge in [0.15, 0.2) is 0 Å². The number of hydrogen-bond donors (Lipinski definition) is 0.